The van der Waals surface area contributed by atoms with E-state index in [4.69, 9.17) is 15.7 Å². The molecule has 4 aromatic carbocycles. The van der Waals surface area contributed by atoms with E-state index in [1.165, 1.54) is 4.57 Å². The molecule has 5 rings (SSSR count). The minimum Gasteiger partial charge on any atom is -0.505 e. The Kier molecular flexibility index (Phi) is 4.76. The van der Waals surface area contributed by atoms with E-state index >= 15 is 0 Å². The van der Waals surface area contributed by atoms with Crippen molar-refractivity contribution in [2.45, 2.75) is 0 Å². The lowest BCUT2D eigenvalue weighted by Crippen LogP contribution is -2.10. The van der Waals surface area contributed by atoms with Gasteiger partial charge in [0.2, 0.25) is 5.75 Å². The van der Waals surface area contributed by atoms with Crippen LogP contribution in [0.2, 0.25) is 0 Å². The van der Waals surface area contributed by atoms with Gasteiger partial charge < -0.3 is 30.1 Å². The van der Waals surface area contributed by atoms with Gasteiger partial charge in [0, 0.05) is 11.1 Å². The van der Waals surface area contributed by atoms with Crippen molar-refractivity contribution in [2.24, 2.45) is 0 Å². The number of halogens is 1. The van der Waals surface area contributed by atoms with Gasteiger partial charge >= 0.3 is 0 Å². The maximum absolute atomic E-state index is 10.8. The number of aromatic hydroxyl groups is 5. The molecular weight excluding hydrogens is 484 g/mol. The predicted molar refractivity (Wildman–Crippen MR) is 133 cm³/mol. The number of nitrogens with zero attached hydrogens (tertiary/aromatic N) is 1. The second-order valence-corrected chi connectivity index (χ2v) is 8.37. The maximum Gasteiger partial charge on any atom is 0.201 e. The highest BCUT2D eigenvalue weighted by atomic mass is 79.9. The Balaban J connectivity index is 1.95. The van der Waals surface area contributed by atoms with Crippen molar-refractivity contribution in [1.29, 1.82) is 0 Å². The van der Waals surface area contributed by atoms with Gasteiger partial charge in [-0.05, 0) is 44.7 Å². The Morgan fingerprint density at radius 3 is 1.82 bits per heavy atom. The first-order chi connectivity index (χ1) is 15.7. The van der Waals surface area contributed by atoms with Crippen LogP contribution in [0.25, 0.3) is 38.6 Å². The number of benzene rings is 4. The molecule has 0 bridgehead atoms. The summed E-state index contributed by atoms with van der Waals surface area (Å²) in [4.78, 5) is 0. The maximum atomic E-state index is 10.8. The molecule has 9 heteroatoms. The zero-order chi connectivity index (χ0) is 23.6. The fourth-order valence-electron chi connectivity index (χ4n) is 4.16. The molecule has 1 heterocycles. The van der Waals surface area contributed by atoms with Crippen LogP contribution in [0, 0.1) is 0 Å². The summed E-state index contributed by atoms with van der Waals surface area (Å²) < 4.78 is 1.55. The molecule has 0 aliphatic heterocycles. The van der Waals surface area contributed by atoms with Crippen molar-refractivity contribution in [3.8, 4) is 45.6 Å². The smallest absolute Gasteiger partial charge is 0.201 e. The molecule has 0 saturated carbocycles. The van der Waals surface area contributed by atoms with E-state index in [-0.39, 0.29) is 37.2 Å². The van der Waals surface area contributed by atoms with Crippen molar-refractivity contribution in [1.82, 2.24) is 4.57 Å². The van der Waals surface area contributed by atoms with Crippen LogP contribution in [0.4, 0.5) is 0 Å². The molecule has 4 radical (unpaired) electrons. The Bertz CT molecular complexity index is 1500. The molecule has 1 aromatic heterocycles. The number of rotatable bonds is 2. The summed E-state index contributed by atoms with van der Waals surface area (Å²) in [6.07, 6.45) is 0. The number of phenolic OH excluding ortho intramolecular Hbond substituents is 5. The molecule has 0 amide bonds. The number of hydrogen-bond donors (Lipinski definition) is 5. The van der Waals surface area contributed by atoms with Crippen LogP contribution < -0.4 is 10.9 Å². The molecule has 0 unspecified atom stereocenters. The lowest BCUT2D eigenvalue weighted by molar-refractivity contribution is 0.372. The van der Waals surface area contributed by atoms with E-state index in [1.54, 1.807) is 12.1 Å². The van der Waals surface area contributed by atoms with Gasteiger partial charge in [0.15, 0.2) is 23.0 Å². The molecule has 0 fully saturated rings. The monoisotopic (exact) mass is 497 g/mol. The first-order valence-corrected chi connectivity index (χ1v) is 10.6. The molecular formula is C24H14B2BrNO5. The van der Waals surface area contributed by atoms with E-state index in [0.717, 1.165) is 11.1 Å². The third-order valence-electron chi connectivity index (χ3n) is 5.76. The summed E-state index contributed by atoms with van der Waals surface area (Å²) in [7, 11) is 12.4. The minimum atomic E-state index is -0.814. The van der Waals surface area contributed by atoms with Crippen molar-refractivity contribution in [2.75, 3.05) is 0 Å². The van der Waals surface area contributed by atoms with Crippen molar-refractivity contribution >= 4 is 64.4 Å². The fraction of sp³-hybridized carbons (Fsp3) is 0. The summed E-state index contributed by atoms with van der Waals surface area (Å²) in [5.41, 5.74) is 2.46. The van der Waals surface area contributed by atoms with Crippen LogP contribution in [-0.4, -0.2) is 45.8 Å². The second kappa shape index (κ2) is 7.42. The van der Waals surface area contributed by atoms with Gasteiger partial charge in [-0.3, -0.25) is 0 Å². The SMILES string of the molecule is [B]c1c(O)c(O)c(O)c2c1c1c(O)c(O)c(Br)c([B])c1n2-c1ccc(-c2ccccc2)cc1. The summed E-state index contributed by atoms with van der Waals surface area (Å²) in [5, 5.41) is 52.5. The van der Waals surface area contributed by atoms with E-state index in [9.17, 15) is 25.5 Å². The average molecular weight is 498 g/mol. The minimum absolute atomic E-state index is 0.00441. The molecule has 0 aliphatic rings. The molecule has 33 heavy (non-hydrogen) atoms. The van der Waals surface area contributed by atoms with E-state index in [2.05, 4.69) is 15.9 Å². The van der Waals surface area contributed by atoms with Crippen LogP contribution in [0.3, 0.4) is 0 Å². The van der Waals surface area contributed by atoms with Gasteiger partial charge in [0.1, 0.15) is 15.7 Å². The van der Waals surface area contributed by atoms with Crippen LogP contribution in [0.15, 0.2) is 59.1 Å². The highest BCUT2D eigenvalue weighted by Gasteiger charge is 2.28. The van der Waals surface area contributed by atoms with Gasteiger partial charge in [-0.15, -0.1) is 0 Å². The first kappa shape index (κ1) is 21.2. The first-order valence-electron chi connectivity index (χ1n) is 9.79. The Hall–Kier alpha value is -3.71. The molecule has 0 atom stereocenters. The zero-order valence-corrected chi connectivity index (χ0v) is 18.5. The van der Waals surface area contributed by atoms with E-state index in [1.807, 2.05) is 42.5 Å². The highest BCUT2D eigenvalue weighted by molar-refractivity contribution is 9.10. The lowest BCUT2D eigenvalue weighted by atomic mass is 9.87. The Labute approximate surface area is 198 Å². The van der Waals surface area contributed by atoms with Gasteiger partial charge in [-0.1, -0.05) is 47.9 Å². The fourth-order valence-corrected chi connectivity index (χ4v) is 4.54. The summed E-state index contributed by atoms with van der Waals surface area (Å²) >= 11 is 3.18. The molecule has 0 saturated heterocycles. The lowest BCUT2D eigenvalue weighted by Gasteiger charge is -2.14. The standard InChI is InChI=1S/C24H14B2BrNO5/c25-15-13-14-18(16(26)17(27)22(31)20(14)29)28(19(13)23(32)24(33)21(15)30)12-8-6-11(7-9-12)10-4-2-1-3-5-10/h1-9,29-33H. The summed E-state index contributed by atoms with van der Waals surface area (Å²) in [6, 6.07) is 17.0. The Morgan fingerprint density at radius 1 is 0.576 bits per heavy atom. The molecule has 158 valence electrons. The van der Waals surface area contributed by atoms with Crippen LogP contribution >= 0.6 is 15.9 Å². The predicted octanol–water partition coefficient (Wildman–Crippen LogP) is 3.33. The summed E-state index contributed by atoms with van der Waals surface area (Å²) in [5.74, 6) is -3.29. The number of hydrogen-bond acceptors (Lipinski definition) is 5. The van der Waals surface area contributed by atoms with Crippen molar-refractivity contribution < 1.29 is 25.5 Å². The topological polar surface area (TPSA) is 106 Å². The highest BCUT2D eigenvalue weighted by Crippen LogP contribution is 2.49. The third kappa shape index (κ3) is 2.89. The molecule has 5 aromatic rings. The largest absolute Gasteiger partial charge is 0.505 e. The van der Waals surface area contributed by atoms with E-state index < -0.39 is 28.7 Å². The molecule has 6 nitrogen and oxygen atoms in total. The average Bonchev–Trinajstić information content (AvgIpc) is 3.20. The van der Waals surface area contributed by atoms with Crippen molar-refractivity contribution in [3.05, 3.63) is 59.1 Å². The normalized spacial score (nSPS) is 11.4. The number of phenols is 5. The van der Waals surface area contributed by atoms with Gasteiger partial charge in [-0.2, -0.15) is 0 Å². The molecule has 5 N–H and O–H groups in total. The van der Waals surface area contributed by atoms with Crippen LogP contribution in [0.1, 0.15) is 0 Å². The Morgan fingerprint density at radius 2 is 1.18 bits per heavy atom. The quantitative estimate of drug-likeness (QED) is 0.190. The van der Waals surface area contributed by atoms with Gasteiger partial charge in [0.05, 0.1) is 20.9 Å². The van der Waals surface area contributed by atoms with Crippen molar-refractivity contribution in [3.63, 3.8) is 0 Å². The number of fused-ring (bicyclic) bond motifs is 3. The number of aromatic nitrogens is 1. The summed E-state index contributed by atoms with van der Waals surface area (Å²) in [6.45, 7) is 0. The van der Waals surface area contributed by atoms with Gasteiger partial charge in [-0.25, -0.2) is 0 Å². The zero-order valence-electron chi connectivity index (χ0n) is 16.9. The van der Waals surface area contributed by atoms with Crippen LogP contribution in [0.5, 0.6) is 28.7 Å². The molecule has 0 spiro atoms. The third-order valence-corrected chi connectivity index (χ3v) is 6.56. The molecule has 0 aliphatic carbocycles. The second-order valence-electron chi connectivity index (χ2n) is 7.58. The van der Waals surface area contributed by atoms with Crippen LogP contribution in [-0.2, 0) is 0 Å². The van der Waals surface area contributed by atoms with Gasteiger partial charge in [0.25, 0.3) is 0 Å². The van der Waals surface area contributed by atoms with E-state index in [0.29, 0.717) is 5.69 Å².